The van der Waals surface area contributed by atoms with Crippen LogP contribution in [0.15, 0.2) is 41.3 Å². The van der Waals surface area contributed by atoms with Gasteiger partial charge in [0.05, 0.1) is 10.0 Å². The summed E-state index contributed by atoms with van der Waals surface area (Å²) in [6, 6.07) is 6.65. The average Bonchev–Trinajstić information content (AvgIpc) is 2.40. The van der Waals surface area contributed by atoms with Gasteiger partial charge in [-0.2, -0.15) is 0 Å². The maximum atomic E-state index is 13.2. The van der Waals surface area contributed by atoms with Crippen molar-refractivity contribution < 1.29 is 17.2 Å². The minimum absolute atomic E-state index is 0.0301. The predicted octanol–water partition coefficient (Wildman–Crippen LogP) is 4.31. The molecule has 0 aliphatic carbocycles. The van der Waals surface area contributed by atoms with Gasteiger partial charge in [-0.05, 0) is 36.8 Å². The molecule has 0 saturated carbocycles. The molecule has 2 rings (SSSR count). The highest BCUT2D eigenvalue weighted by Crippen LogP contribution is 2.30. The van der Waals surface area contributed by atoms with Gasteiger partial charge in [0.1, 0.15) is 4.90 Å². The van der Waals surface area contributed by atoms with Gasteiger partial charge >= 0.3 is 0 Å². The minimum Gasteiger partial charge on any atom is -0.207 e. The Morgan fingerprint density at radius 1 is 1.05 bits per heavy atom. The van der Waals surface area contributed by atoms with E-state index in [9.17, 15) is 17.2 Å². The standard InChI is InChI=1S/C14H11Cl2F2NO2S/c1-8(9-5-6-12(17)13(18)7-9)19-22(20,21)14-10(15)3-2-4-11(14)16/h2-8,19H,1H3. The second-order valence-electron chi connectivity index (χ2n) is 4.57. The summed E-state index contributed by atoms with van der Waals surface area (Å²) in [4.78, 5) is -0.257. The van der Waals surface area contributed by atoms with Crippen LogP contribution in [0.25, 0.3) is 0 Å². The van der Waals surface area contributed by atoms with Crippen molar-refractivity contribution in [3.05, 3.63) is 63.6 Å². The molecule has 2 aromatic rings. The largest absolute Gasteiger partial charge is 0.244 e. The molecule has 0 bridgehead atoms. The molecular weight excluding hydrogens is 355 g/mol. The second kappa shape index (κ2) is 6.50. The molecule has 0 amide bonds. The van der Waals surface area contributed by atoms with Crippen LogP contribution in [0.5, 0.6) is 0 Å². The first-order chi connectivity index (χ1) is 10.2. The Kier molecular flexibility index (Phi) is 5.07. The molecule has 0 fully saturated rings. The third-order valence-corrected chi connectivity index (χ3v) is 5.46. The summed E-state index contributed by atoms with van der Waals surface area (Å²) in [6.45, 7) is 1.50. The van der Waals surface area contributed by atoms with Crippen LogP contribution < -0.4 is 4.72 Å². The van der Waals surface area contributed by atoms with E-state index in [1.54, 1.807) is 0 Å². The van der Waals surface area contributed by atoms with Crippen LogP contribution in [-0.2, 0) is 10.0 Å². The Hall–Kier alpha value is -1.21. The molecule has 22 heavy (non-hydrogen) atoms. The fourth-order valence-electron chi connectivity index (χ4n) is 1.88. The Bertz CT molecular complexity index is 792. The van der Waals surface area contributed by atoms with Crippen LogP contribution in [0, 0.1) is 11.6 Å². The lowest BCUT2D eigenvalue weighted by molar-refractivity contribution is 0.504. The topological polar surface area (TPSA) is 46.2 Å². The van der Waals surface area contributed by atoms with Gasteiger partial charge in [0.25, 0.3) is 0 Å². The first kappa shape index (κ1) is 17.1. The van der Waals surface area contributed by atoms with E-state index in [0.29, 0.717) is 0 Å². The third kappa shape index (κ3) is 3.57. The minimum atomic E-state index is -4.02. The van der Waals surface area contributed by atoms with Gasteiger partial charge in [-0.25, -0.2) is 21.9 Å². The van der Waals surface area contributed by atoms with E-state index in [2.05, 4.69) is 4.72 Å². The SMILES string of the molecule is CC(NS(=O)(=O)c1c(Cl)cccc1Cl)c1ccc(F)c(F)c1. The lowest BCUT2D eigenvalue weighted by Gasteiger charge is -2.16. The average molecular weight is 366 g/mol. The van der Waals surface area contributed by atoms with Gasteiger partial charge in [-0.15, -0.1) is 0 Å². The van der Waals surface area contributed by atoms with Crippen molar-refractivity contribution in [3.63, 3.8) is 0 Å². The van der Waals surface area contributed by atoms with Crippen molar-refractivity contribution in [1.29, 1.82) is 0 Å². The summed E-state index contributed by atoms with van der Waals surface area (Å²) in [5.41, 5.74) is 0.269. The van der Waals surface area contributed by atoms with Crippen molar-refractivity contribution in [1.82, 2.24) is 4.72 Å². The molecule has 8 heteroatoms. The molecule has 1 N–H and O–H groups in total. The molecule has 1 unspecified atom stereocenters. The molecule has 0 saturated heterocycles. The molecule has 0 radical (unpaired) electrons. The Labute approximate surface area is 136 Å². The highest BCUT2D eigenvalue weighted by Gasteiger charge is 2.24. The Morgan fingerprint density at radius 2 is 1.64 bits per heavy atom. The summed E-state index contributed by atoms with van der Waals surface area (Å²) in [5, 5.41) is -0.0602. The van der Waals surface area contributed by atoms with Gasteiger partial charge in [-0.1, -0.05) is 35.3 Å². The molecule has 0 spiro atoms. The van der Waals surface area contributed by atoms with Crippen LogP contribution in [-0.4, -0.2) is 8.42 Å². The van der Waals surface area contributed by atoms with E-state index >= 15 is 0 Å². The number of sulfonamides is 1. The van der Waals surface area contributed by atoms with Crippen LogP contribution in [0.3, 0.4) is 0 Å². The summed E-state index contributed by atoms with van der Waals surface area (Å²) >= 11 is 11.8. The van der Waals surface area contributed by atoms with E-state index < -0.39 is 27.7 Å². The molecule has 0 heterocycles. The van der Waals surface area contributed by atoms with Crippen molar-refractivity contribution in [3.8, 4) is 0 Å². The van der Waals surface area contributed by atoms with Gasteiger partial charge in [0.2, 0.25) is 10.0 Å². The van der Waals surface area contributed by atoms with E-state index in [-0.39, 0.29) is 20.5 Å². The quantitative estimate of drug-likeness (QED) is 0.877. The van der Waals surface area contributed by atoms with Crippen molar-refractivity contribution in [2.75, 3.05) is 0 Å². The van der Waals surface area contributed by atoms with Gasteiger partial charge in [-0.3, -0.25) is 0 Å². The maximum absolute atomic E-state index is 13.2. The molecule has 0 aliphatic rings. The fourth-order valence-corrected chi connectivity index (χ4v) is 4.26. The normalized spacial score (nSPS) is 13.1. The molecule has 1 atom stereocenters. The molecule has 0 aliphatic heterocycles. The second-order valence-corrected chi connectivity index (χ2v) is 7.03. The Balaban J connectivity index is 2.34. The van der Waals surface area contributed by atoms with E-state index in [0.717, 1.165) is 12.1 Å². The number of nitrogens with one attached hydrogen (secondary N) is 1. The Morgan fingerprint density at radius 3 is 2.18 bits per heavy atom. The number of rotatable bonds is 4. The van der Waals surface area contributed by atoms with E-state index in [4.69, 9.17) is 23.2 Å². The van der Waals surface area contributed by atoms with Crippen molar-refractivity contribution in [2.45, 2.75) is 17.9 Å². The highest BCUT2D eigenvalue weighted by molar-refractivity contribution is 7.89. The molecular formula is C14H11Cl2F2NO2S. The lowest BCUT2D eigenvalue weighted by atomic mass is 10.1. The molecule has 3 nitrogen and oxygen atoms in total. The first-order valence-corrected chi connectivity index (χ1v) is 8.37. The number of hydrogen-bond acceptors (Lipinski definition) is 2. The molecule has 2 aromatic carbocycles. The number of halogens is 4. The highest BCUT2D eigenvalue weighted by atomic mass is 35.5. The van der Waals surface area contributed by atoms with E-state index in [1.807, 2.05) is 0 Å². The summed E-state index contributed by atoms with van der Waals surface area (Å²) in [5.74, 6) is -2.06. The monoisotopic (exact) mass is 365 g/mol. The van der Waals surface area contributed by atoms with E-state index in [1.165, 1.54) is 31.2 Å². The van der Waals surface area contributed by atoms with Gasteiger partial charge < -0.3 is 0 Å². The summed E-state index contributed by atoms with van der Waals surface area (Å²) in [6.07, 6.45) is 0. The smallest absolute Gasteiger partial charge is 0.207 e. The lowest BCUT2D eigenvalue weighted by Crippen LogP contribution is -2.27. The summed E-state index contributed by atoms with van der Waals surface area (Å²) < 4.78 is 53.2. The molecule has 0 aromatic heterocycles. The fraction of sp³-hybridized carbons (Fsp3) is 0.143. The maximum Gasteiger partial charge on any atom is 0.244 e. The van der Waals surface area contributed by atoms with Crippen LogP contribution in [0.4, 0.5) is 8.78 Å². The van der Waals surface area contributed by atoms with Crippen molar-refractivity contribution >= 4 is 33.2 Å². The van der Waals surface area contributed by atoms with Crippen molar-refractivity contribution in [2.24, 2.45) is 0 Å². The summed E-state index contributed by atoms with van der Waals surface area (Å²) in [7, 11) is -4.02. The predicted molar refractivity (Wildman–Crippen MR) is 81.6 cm³/mol. The van der Waals surface area contributed by atoms with Crippen LogP contribution in [0.2, 0.25) is 10.0 Å². The van der Waals surface area contributed by atoms with Crippen LogP contribution >= 0.6 is 23.2 Å². The number of benzene rings is 2. The van der Waals surface area contributed by atoms with Crippen LogP contribution in [0.1, 0.15) is 18.5 Å². The zero-order chi connectivity index (χ0) is 16.5. The number of hydrogen-bond donors (Lipinski definition) is 1. The van der Waals surface area contributed by atoms with Gasteiger partial charge in [0, 0.05) is 6.04 Å². The molecule has 118 valence electrons. The zero-order valence-electron chi connectivity index (χ0n) is 11.3. The van der Waals surface area contributed by atoms with Gasteiger partial charge in [0.15, 0.2) is 11.6 Å². The third-order valence-electron chi connectivity index (χ3n) is 2.96. The zero-order valence-corrected chi connectivity index (χ0v) is 13.6. The first-order valence-electron chi connectivity index (χ1n) is 6.13.